The molecular formula is C30H52N2O4. The molecule has 0 heterocycles. The highest BCUT2D eigenvalue weighted by atomic mass is 16.5. The molecule has 0 unspecified atom stereocenters. The SMILES string of the molecule is CCCCCCCCCCCCNC(=O)C(=O)NCCCCCCCCCCOc1ccc(O)cc1. The van der Waals surface area contributed by atoms with E-state index in [1.807, 2.05) is 0 Å². The van der Waals surface area contributed by atoms with Gasteiger partial charge in [0.1, 0.15) is 11.5 Å². The third kappa shape index (κ3) is 19.0. The summed E-state index contributed by atoms with van der Waals surface area (Å²) >= 11 is 0. The Morgan fingerprint density at radius 2 is 1.00 bits per heavy atom. The molecule has 0 aromatic heterocycles. The number of carbonyl (C=O) groups excluding carboxylic acids is 2. The fourth-order valence-corrected chi connectivity index (χ4v) is 4.20. The van der Waals surface area contributed by atoms with Crippen LogP contribution in [0.2, 0.25) is 0 Å². The van der Waals surface area contributed by atoms with Gasteiger partial charge >= 0.3 is 11.8 Å². The molecule has 0 aliphatic heterocycles. The van der Waals surface area contributed by atoms with Crippen molar-refractivity contribution in [2.24, 2.45) is 0 Å². The number of carbonyl (C=O) groups is 2. The zero-order valence-electron chi connectivity index (χ0n) is 22.8. The standard InChI is InChI=1S/C30H52N2O4/c1-2-3-4-5-6-7-8-11-14-17-24-31-29(34)30(35)32-25-18-15-12-9-10-13-16-19-26-36-28-22-20-27(33)21-23-28/h20-23,33H,2-19,24-26H2,1H3,(H,31,34)(H,32,35). The Morgan fingerprint density at radius 1 is 0.611 bits per heavy atom. The molecule has 1 aromatic rings. The molecule has 0 spiro atoms. The summed E-state index contributed by atoms with van der Waals surface area (Å²) in [6.07, 6.45) is 21.5. The van der Waals surface area contributed by atoms with Crippen molar-refractivity contribution in [3.05, 3.63) is 24.3 Å². The topological polar surface area (TPSA) is 87.7 Å². The van der Waals surface area contributed by atoms with Crippen molar-refractivity contribution in [1.29, 1.82) is 0 Å². The summed E-state index contributed by atoms with van der Waals surface area (Å²) in [6.45, 7) is 4.11. The number of hydrogen-bond donors (Lipinski definition) is 3. The largest absolute Gasteiger partial charge is 0.508 e. The molecule has 0 aliphatic carbocycles. The summed E-state index contributed by atoms with van der Waals surface area (Å²) < 4.78 is 5.65. The summed E-state index contributed by atoms with van der Waals surface area (Å²) in [6, 6.07) is 6.83. The predicted octanol–water partition coefficient (Wildman–Crippen LogP) is 7.05. The Labute approximate surface area is 220 Å². The molecule has 36 heavy (non-hydrogen) atoms. The van der Waals surface area contributed by atoms with Crippen LogP contribution in [0.15, 0.2) is 24.3 Å². The highest BCUT2D eigenvalue weighted by Crippen LogP contribution is 2.16. The smallest absolute Gasteiger partial charge is 0.309 e. The van der Waals surface area contributed by atoms with Crippen LogP contribution in [-0.2, 0) is 9.59 Å². The van der Waals surface area contributed by atoms with Crippen LogP contribution >= 0.6 is 0 Å². The Morgan fingerprint density at radius 3 is 1.44 bits per heavy atom. The minimum absolute atomic E-state index is 0.255. The van der Waals surface area contributed by atoms with Gasteiger partial charge in [-0.05, 0) is 43.5 Å². The molecule has 0 saturated heterocycles. The highest BCUT2D eigenvalue weighted by Gasteiger charge is 2.11. The number of amides is 2. The highest BCUT2D eigenvalue weighted by molar-refractivity contribution is 6.35. The first-order valence-electron chi connectivity index (χ1n) is 14.6. The first-order chi connectivity index (χ1) is 17.6. The Kier molecular flexibility index (Phi) is 20.5. The zero-order chi connectivity index (χ0) is 26.1. The van der Waals surface area contributed by atoms with E-state index in [9.17, 15) is 14.7 Å². The number of hydrogen-bond acceptors (Lipinski definition) is 4. The van der Waals surface area contributed by atoms with Gasteiger partial charge in [-0.25, -0.2) is 0 Å². The summed E-state index contributed by atoms with van der Waals surface area (Å²) in [7, 11) is 0. The molecule has 0 atom stereocenters. The van der Waals surface area contributed by atoms with E-state index in [1.54, 1.807) is 24.3 Å². The van der Waals surface area contributed by atoms with E-state index < -0.39 is 11.8 Å². The minimum Gasteiger partial charge on any atom is -0.508 e. The second-order valence-electron chi connectivity index (χ2n) is 9.86. The number of benzene rings is 1. The van der Waals surface area contributed by atoms with Crippen LogP contribution < -0.4 is 15.4 Å². The average molecular weight is 505 g/mol. The summed E-state index contributed by atoms with van der Waals surface area (Å²) in [5, 5.41) is 14.7. The molecule has 0 aliphatic rings. The van der Waals surface area contributed by atoms with E-state index in [-0.39, 0.29) is 5.75 Å². The Bertz CT molecular complexity index is 663. The van der Waals surface area contributed by atoms with Gasteiger partial charge < -0.3 is 20.5 Å². The van der Waals surface area contributed by atoms with Crippen LogP contribution in [0.4, 0.5) is 0 Å². The molecule has 2 amide bonds. The van der Waals surface area contributed by atoms with Crippen LogP contribution in [0.5, 0.6) is 11.5 Å². The number of unbranched alkanes of at least 4 members (excludes halogenated alkanes) is 16. The summed E-state index contributed by atoms with van der Waals surface area (Å²) in [4.78, 5) is 23.7. The number of rotatable bonds is 23. The molecule has 1 aromatic carbocycles. The van der Waals surface area contributed by atoms with Gasteiger partial charge in [-0.2, -0.15) is 0 Å². The molecular weight excluding hydrogens is 452 g/mol. The van der Waals surface area contributed by atoms with Gasteiger partial charge in [0.2, 0.25) is 0 Å². The maximum Gasteiger partial charge on any atom is 0.309 e. The third-order valence-electron chi connectivity index (χ3n) is 6.48. The van der Waals surface area contributed by atoms with Gasteiger partial charge in [0.25, 0.3) is 0 Å². The lowest BCUT2D eigenvalue weighted by Crippen LogP contribution is -2.40. The van der Waals surface area contributed by atoms with Gasteiger partial charge in [0.05, 0.1) is 6.61 Å². The molecule has 0 bridgehead atoms. The predicted molar refractivity (Wildman–Crippen MR) is 148 cm³/mol. The summed E-state index contributed by atoms with van der Waals surface area (Å²) in [5.41, 5.74) is 0. The first-order valence-corrected chi connectivity index (χ1v) is 14.6. The lowest BCUT2D eigenvalue weighted by atomic mass is 10.1. The second-order valence-corrected chi connectivity index (χ2v) is 9.86. The minimum atomic E-state index is -0.503. The van der Waals surface area contributed by atoms with Crippen LogP contribution in [0.25, 0.3) is 0 Å². The van der Waals surface area contributed by atoms with Gasteiger partial charge in [0, 0.05) is 13.1 Å². The molecule has 3 N–H and O–H groups in total. The monoisotopic (exact) mass is 504 g/mol. The fourth-order valence-electron chi connectivity index (χ4n) is 4.20. The maximum absolute atomic E-state index is 11.9. The average Bonchev–Trinajstić information content (AvgIpc) is 2.88. The van der Waals surface area contributed by atoms with Crippen molar-refractivity contribution in [3.63, 3.8) is 0 Å². The van der Waals surface area contributed by atoms with Gasteiger partial charge in [-0.1, -0.05) is 103 Å². The van der Waals surface area contributed by atoms with Crippen molar-refractivity contribution in [2.45, 2.75) is 122 Å². The first kappa shape index (κ1) is 31.8. The molecule has 6 heteroatoms. The van der Waals surface area contributed by atoms with Crippen molar-refractivity contribution < 1.29 is 19.4 Å². The van der Waals surface area contributed by atoms with Crippen LogP contribution in [0.3, 0.4) is 0 Å². The van der Waals surface area contributed by atoms with Crippen molar-refractivity contribution in [2.75, 3.05) is 19.7 Å². The van der Waals surface area contributed by atoms with Crippen molar-refractivity contribution in [1.82, 2.24) is 10.6 Å². The second kappa shape index (κ2) is 23.2. The third-order valence-corrected chi connectivity index (χ3v) is 6.48. The zero-order valence-corrected chi connectivity index (χ0v) is 22.8. The molecule has 206 valence electrons. The Balaban J connectivity index is 1.80. The van der Waals surface area contributed by atoms with Gasteiger partial charge in [-0.15, -0.1) is 0 Å². The van der Waals surface area contributed by atoms with Gasteiger partial charge in [-0.3, -0.25) is 9.59 Å². The van der Waals surface area contributed by atoms with E-state index in [1.165, 1.54) is 70.6 Å². The quantitative estimate of drug-likeness (QED) is 0.110. The van der Waals surface area contributed by atoms with Crippen molar-refractivity contribution in [3.8, 4) is 11.5 Å². The lowest BCUT2D eigenvalue weighted by Gasteiger charge is -2.07. The number of aromatic hydroxyl groups is 1. The van der Waals surface area contributed by atoms with Gasteiger partial charge in [0.15, 0.2) is 0 Å². The fraction of sp³-hybridized carbons (Fsp3) is 0.733. The van der Waals surface area contributed by atoms with E-state index in [0.29, 0.717) is 19.7 Å². The summed E-state index contributed by atoms with van der Waals surface area (Å²) in [5.74, 6) is 0.0495. The lowest BCUT2D eigenvalue weighted by molar-refractivity contribution is -0.139. The maximum atomic E-state index is 11.9. The van der Waals surface area contributed by atoms with Crippen LogP contribution in [0.1, 0.15) is 122 Å². The van der Waals surface area contributed by atoms with E-state index in [2.05, 4.69) is 17.6 Å². The van der Waals surface area contributed by atoms with Crippen LogP contribution in [0, 0.1) is 0 Å². The number of phenolic OH excluding ortho intramolecular Hbond substituents is 1. The molecule has 6 nitrogen and oxygen atoms in total. The van der Waals surface area contributed by atoms with Crippen molar-refractivity contribution >= 4 is 11.8 Å². The van der Waals surface area contributed by atoms with Crippen LogP contribution in [-0.4, -0.2) is 36.6 Å². The number of nitrogens with one attached hydrogen (secondary N) is 2. The van der Waals surface area contributed by atoms with E-state index in [4.69, 9.17) is 4.74 Å². The Hall–Kier alpha value is -2.24. The molecule has 0 saturated carbocycles. The van der Waals surface area contributed by atoms with E-state index in [0.717, 1.165) is 50.7 Å². The molecule has 1 rings (SSSR count). The number of ether oxygens (including phenoxy) is 1. The molecule has 0 fully saturated rings. The number of phenols is 1. The molecule has 0 radical (unpaired) electrons. The van der Waals surface area contributed by atoms with E-state index >= 15 is 0 Å². The normalized spacial score (nSPS) is 10.8.